The molecule has 1 aromatic rings. The molecule has 0 bridgehead atoms. The van der Waals surface area contributed by atoms with Crippen LogP contribution in [0.1, 0.15) is 19.4 Å². The predicted octanol–water partition coefficient (Wildman–Crippen LogP) is 1.82. The zero-order valence-corrected chi connectivity index (χ0v) is 12.5. The Balaban J connectivity index is 2.49. The van der Waals surface area contributed by atoms with Crippen molar-refractivity contribution < 1.29 is 14.3 Å². The van der Waals surface area contributed by atoms with E-state index in [-0.39, 0.29) is 18.4 Å². The highest BCUT2D eigenvalue weighted by Crippen LogP contribution is 2.08. The maximum atomic E-state index is 11.9. The van der Waals surface area contributed by atoms with Crippen LogP contribution in [0.25, 0.3) is 0 Å². The summed E-state index contributed by atoms with van der Waals surface area (Å²) in [5, 5.41) is 2.79. The number of hydrogen-bond acceptors (Lipinski definition) is 4. The minimum absolute atomic E-state index is 0.133. The number of hydrogen-bond donors (Lipinski definition) is 1. The maximum Gasteiger partial charge on any atom is 0.323 e. The number of rotatable bonds is 6. The SMILES string of the molecule is CCOC(=O)C(C)N(C)CC(=O)Nc1ccc(C)cc1. The van der Waals surface area contributed by atoms with E-state index in [2.05, 4.69) is 5.32 Å². The lowest BCUT2D eigenvalue weighted by atomic mass is 10.2. The molecule has 0 fully saturated rings. The lowest BCUT2D eigenvalue weighted by molar-refractivity contribution is -0.148. The van der Waals surface area contributed by atoms with Gasteiger partial charge in [0.15, 0.2) is 0 Å². The molecule has 0 saturated heterocycles. The van der Waals surface area contributed by atoms with E-state index in [1.54, 1.807) is 25.8 Å². The summed E-state index contributed by atoms with van der Waals surface area (Å²) in [7, 11) is 1.72. The van der Waals surface area contributed by atoms with Crippen molar-refractivity contribution >= 4 is 17.6 Å². The number of esters is 1. The van der Waals surface area contributed by atoms with Crippen molar-refractivity contribution in [1.82, 2.24) is 4.90 Å². The lowest BCUT2D eigenvalue weighted by Gasteiger charge is -2.22. The van der Waals surface area contributed by atoms with Crippen molar-refractivity contribution in [2.24, 2.45) is 0 Å². The molecule has 1 rings (SSSR count). The van der Waals surface area contributed by atoms with Crippen LogP contribution in [0, 0.1) is 6.92 Å². The molecule has 0 heterocycles. The Bertz CT molecular complexity index is 457. The van der Waals surface area contributed by atoms with Crippen molar-refractivity contribution in [3.63, 3.8) is 0 Å². The third-order valence-electron chi connectivity index (χ3n) is 3.02. The number of aryl methyl sites for hydroxylation is 1. The third-order valence-corrected chi connectivity index (χ3v) is 3.02. The quantitative estimate of drug-likeness (QED) is 0.806. The van der Waals surface area contributed by atoms with Crippen LogP contribution < -0.4 is 5.32 Å². The van der Waals surface area contributed by atoms with Crippen LogP contribution in [-0.2, 0) is 14.3 Å². The average molecular weight is 278 g/mol. The zero-order valence-electron chi connectivity index (χ0n) is 12.5. The lowest BCUT2D eigenvalue weighted by Crippen LogP contribution is -2.41. The Morgan fingerprint density at radius 3 is 2.45 bits per heavy atom. The number of likely N-dealkylation sites (N-methyl/N-ethyl adjacent to an activating group) is 1. The second kappa shape index (κ2) is 7.65. The van der Waals surface area contributed by atoms with Crippen LogP contribution in [0.15, 0.2) is 24.3 Å². The van der Waals surface area contributed by atoms with Crippen LogP contribution in [0.4, 0.5) is 5.69 Å². The molecule has 0 aliphatic carbocycles. The number of benzene rings is 1. The Kier molecular flexibility index (Phi) is 6.18. The van der Waals surface area contributed by atoms with Crippen molar-refractivity contribution in [3.8, 4) is 0 Å². The van der Waals surface area contributed by atoms with Gasteiger partial charge in [-0.15, -0.1) is 0 Å². The topological polar surface area (TPSA) is 58.6 Å². The first-order valence-corrected chi connectivity index (χ1v) is 6.67. The third kappa shape index (κ3) is 5.01. The summed E-state index contributed by atoms with van der Waals surface area (Å²) in [4.78, 5) is 25.1. The van der Waals surface area contributed by atoms with E-state index >= 15 is 0 Å². The van der Waals surface area contributed by atoms with E-state index in [1.807, 2.05) is 31.2 Å². The van der Waals surface area contributed by atoms with Gasteiger partial charge in [-0.2, -0.15) is 0 Å². The smallest absolute Gasteiger partial charge is 0.323 e. The molecular weight excluding hydrogens is 256 g/mol. The van der Waals surface area contributed by atoms with Crippen LogP contribution in [0.3, 0.4) is 0 Å². The summed E-state index contributed by atoms with van der Waals surface area (Å²) in [6.45, 7) is 5.94. The fourth-order valence-electron chi connectivity index (χ4n) is 1.64. The Hall–Kier alpha value is -1.88. The van der Waals surface area contributed by atoms with Gasteiger partial charge in [0, 0.05) is 5.69 Å². The largest absolute Gasteiger partial charge is 0.465 e. The first-order chi connectivity index (χ1) is 9.43. The van der Waals surface area contributed by atoms with Gasteiger partial charge < -0.3 is 10.1 Å². The van der Waals surface area contributed by atoms with Gasteiger partial charge in [0.25, 0.3) is 0 Å². The van der Waals surface area contributed by atoms with Gasteiger partial charge in [-0.25, -0.2) is 0 Å². The summed E-state index contributed by atoms with van der Waals surface area (Å²) < 4.78 is 4.93. The van der Waals surface area contributed by atoms with Gasteiger partial charge in [-0.3, -0.25) is 14.5 Å². The number of amides is 1. The van der Waals surface area contributed by atoms with E-state index in [1.165, 1.54) is 0 Å². The van der Waals surface area contributed by atoms with Crippen LogP contribution >= 0.6 is 0 Å². The summed E-state index contributed by atoms with van der Waals surface area (Å²) >= 11 is 0. The van der Waals surface area contributed by atoms with Crippen molar-refractivity contribution in [2.75, 3.05) is 25.5 Å². The molecular formula is C15H22N2O3. The molecule has 20 heavy (non-hydrogen) atoms. The Morgan fingerprint density at radius 1 is 1.30 bits per heavy atom. The van der Waals surface area contributed by atoms with Crippen LogP contribution in [0.2, 0.25) is 0 Å². The molecule has 1 N–H and O–H groups in total. The summed E-state index contributed by atoms with van der Waals surface area (Å²) in [6.07, 6.45) is 0. The predicted molar refractivity (Wildman–Crippen MR) is 78.5 cm³/mol. The second-order valence-corrected chi connectivity index (χ2v) is 4.76. The molecule has 5 nitrogen and oxygen atoms in total. The normalized spacial score (nSPS) is 12.1. The summed E-state index contributed by atoms with van der Waals surface area (Å²) in [6, 6.07) is 7.12. The molecule has 0 saturated carbocycles. The first-order valence-electron chi connectivity index (χ1n) is 6.67. The van der Waals surface area contributed by atoms with Crippen LogP contribution in [-0.4, -0.2) is 43.0 Å². The van der Waals surface area contributed by atoms with Gasteiger partial charge in [0.2, 0.25) is 5.91 Å². The molecule has 0 radical (unpaired) electrons. The van der Waals surface area contributed by atoms with Crippen molar-refractivity contribution in [3.05, 3.63) is 29.8 Å². The number of nitrogens with zero attached hydrogens (tertiary/aromatic N) is 1. The number of ether oxygens (including phenoxy) is 1. The fraction of sp³-hybridized carbons (Fsp3) is 0.467. The average Bonchev–Trinajstić information content (AvgIpc) is 2.40. The monoisotopic (exact) mass is 278 g/mol. The number of anilines is 1. The molecule has 0 aliphatic rings. The molecule has 0 aliphatic heterocycles. The van der Waals surface area contributed by atoms with E-state index < -0.39 is 6.04 Å². The van der Waals surface area contributed by atoms with Crippen LogP contribution in [0.5, 0.6) is 0 Å². The van der Waals surface area contributed by atoms with Gasteiger partial charge in [0.1, 0.15) is 6.04 Å². The second-order valence-electron chi connectivity index (χ2n) is 4.76. The van der Waals surface area contributed by atoms with E-state index in [4.69, 9.17) is 4.74 Å². The Morgan fingerprint density at radius 2 is 1.90 bits per heavy atom. The van der Waals surface area contributed by atoms with Gasteiger partial charge >= 0.3 is 5.97 Å². The fourth-order valence-corrected chi connectivity index (χ4v) is 1.64. The van der Waals surface area contributed by atoms with Gasteiger partial charge in [-0.05, 0) is 40.0 Å². The summed E-state index contributed by atoms with van der Waals surface area (Å²) in [5.74, 6) is -0.481. The van der Waals surface area contributed by atoms with Gasteiger partial charge in [-0.1, -0.05) is 17.7 Å². The number of nitrogens with one attached hydrogen (secondary N) is 1. The van der Waals surface area contributed by atoms with Gasteiger partial charge in [0.05, 0.1) is 13.2 Å². The molecule has 0 spiro atoms. The Labute approximate surface area is 119 Å². The minimum atomic E-state index is -0.446. The summed E-state index contributed by atoms with van der Waals surface area (Å²) in [5.41, 5.74) is 1.88. The molecule has 0 aromatic heterocycles. The van der Waals surface area contributed by atoms with E-state index in [0.717, 1.165) is 11.3 Å². The number of carbonyl (C=O) groups excluding carboxylic acids is 2. The van der Waals surface area contributed by atoms with E-state index in [9.17, 15) is 9.59 Å². The highest BCUT2D eigenvalue weighted by molar-refractivity contribution is 5.92. The molecule has 5 heteroatoms. The molecule has 1 amide bonds. The molecule has 110 valence electrons. The van der Waals surface area contributed by atoms with Crippen molar-refractivity contribution in [1.29, 1.82) is 0 Å². The molecule has 1 unspecified atom stereocenters. The molecule has 1 atom stereocenters. The number of carbonyl (C=O) groups is 2. The zero-order chi connectivity index (χ0) is 15.1. The highest BCUT2D eigenvalue weighted by Gasteiger charge is 2.20. The first kappa shape index (κ1) is 16.2. The maximum absolute atomic E-state index is 11.9. The minimum Gasteiger partial charge on any atom is -0.465 e. The molecule has 1 aromatic carbocycles. The highest BCUT2D eigenvalue weighted by atomic mass is 16.5. The standard InChI is InChI=1S/C15H22N2O3/c1-5-20-15(19)12(3)17(4)10-14(18)16-13-8-6-11(2)7-9-13/h6-9,12H,5,10H2,1-4H3,(H,16,18). The van der Waals surface area contributed by atoms with Crippen molar-refractivity contribution in [2.45, 2.75) is 26.8 Å². The van der Waals surface area contributed by atoms with E-state index in [0.29, 0.717) is 6.61 Å².